The lowest BCUT2D eigenvalue weighted by molar-refractivity contribution is 0.0782. The van der Waals surface area contributed by atoms with Crippen LogP contribution in [-0.2, 0) is 5.60 Å². The first kappa shape index (κ1) is 20.1. The van der Waals surface area contributed by atoms with Gasteiger partial charge in [0, 0.05) is 36.1 Å². The zero-order chi connectivity index (χ0) is 21.1. The molecule has 0 unspecified atom stereocenters. The Bertz CT molecular complexity index is 1040. The zero-order valence-electron chi connectivity index (χ0n) is 17.2. The van der Waals surface area contributed by atoms with E-state index in [4.69, 9.17) is 0 Å². The molecule has 0 spiro atoms. The standard InChI is InChI=1S/C23H27N5O2/c1-23(2,30)16-6-10-20(24-14-16)26-17-7-8-18(13-17)27-21-11-9-19(15-25-21)28-12-4-3-5-22(28)29/h3-6,9-12,14-15,17-18,30H,7-8,13H2,1-2H3,(H,24,26)(H,25,27)/t17-,18-/m0/s1. The maximum absolute atomic E-state index is 11.9. The number of hydrogen-bond acceptors (Lipinski definition) is 6. The number of hydrogen-bond donors (Lipinski definition) is 3. The molecule has 3 heterocycles. The highest BCUT2D eigenvalue weighted by atomic mass is 16.3. The summed E-state index contributed by atoms with van der Waals surface area (Å²) in [5.41, 5.74) is 0.586. The number of anilines is 2. The van der Waals surface area contributed by atoms with Crippen molar-refractivity contribution in [1.82, 2.24) is 14.5 Å². The third kappa shape index (κ3) is 4.68. The second-order valence-corrected chi connectivity index (χ2v) is 8.30. The molecule has 0 aliphatic heterocycles. The van der Waals surface area contributed by atoms with Crippen LogP contribution in [0, 0.1) is 0 Å². The summed E-state index contributed by atoms with van der Waals surface area (Å²) in [5.74, 6) is 1.63. The van der Waals surface area contributed by atoms with Gasteiger partial charge < -0.3 is 15.7 Å². The monoisotopic (exact) mass is 405 g/mol. The fourth-order valence-corrected chi connectivity index (χ4v) is 3.76. The Morgan fingerprint density at radius 1 is 0.967 bits per heavy atom. The fraction of sp³-hybridized carbons (Fsp3) is 0.348. The lowest BCUT2D eigenvalue weighted by Crippen LogP contribution is -2.22. The molecule has 7 nitrogen and oxygen atoms in total. The van der Waals surface area contributed by atoms with Gasteiger partial charge in [0.05, 0.1) is 17.5 Å². The van der Waals surface area contributed by atoms with Crippen LogP contribution >= 0.6 is 0 Å². The second-order valence-electron chi connectivity index (χ2n) is 8.30. The van der Waals surface area contributed by atoms with Crippen LogP contribution in [0.4, 0.5) is 11.6 Å². The number of aromatic nitrogens is 3. The van der Waals surface area contributed by atoms with Gasteiger partial charge in [-0.05, 0) is 57.4 Å². The fourth-order valence-electron chi connectivity index (χ4n) is 3.76. The first-order chi connectivity index (χ1) is 14.4. The van der Waals surface area contributed by atoms with Crippen LogP contribution in [0.1, 0.15) is 38.7 Å². The molecule has 2 atom stereocenters. The minimum Gasteiger partial charge on any atom is -0.386 e. The Kier molecular flexibility index (Phi) is 5.55. The molecule has 156 valence electrons. The van der Waals surface area contributed by atoms with Crippen molar-refractivity contribution in [3.8, 4) is 5.69 Å². The average Bonchev–Trinajstić information content (AvgIpc) is 3.15. The van der Waals surface area contributed by atoms with E-state index in [0.717, 1.165) is 42.1 Å². The summed E-state index contributed by atoms with van der Waals surface area (Å²) in [6.07, 6.45) is 8.22. The van der Waals surface area contributed by atoms with E-state index in [0.29, 0.717) is 12.1 Å². The van der Waals surface area contributed by atoms with Gasteiger partial charge in [-0.25, -0.2) is 9.97 Å². The molecular weight excluding hydrogens is 378 g/mol. The highest BCUT2D eigenvalue weighted by molar-refractivity contribution is 5.43. The van der Waals surface area contributed by atoms with Gasteiger partial charge in [0.2, 0.25) is 0 Å². The van der Waals surface area contributed by atoms with E-state index in [2.05, 4.69) is 20.6 Å². The molecular formula is C23H27N5O2. The summed E-state index contributed by atoms with van der Waals surface area (Å²) in [6.45, 7) is 3.51. The molecule has 1 aliphatic carbocycles. The summed E-state index contributed by atoms with van der Waals surface area (Å²) < 4.78 is 1.57. The molecule has 3 N–H and O–H groups in total. The summed E-state index contributed by atoms with van der Waals surface area (Å²) >= 11 is 0. The minimum atomic E-state index is -0.884. The number of nitrogens with one attached hydrogen (secondary N) is 2. The molecule has 1 fully saturated rings. The molecule has 3 aromatic heterocycles. The SMILES string of the molecule is CC(C)(O)c1ccc(N[C@H]2CC[C@H](Nc3ccc(-n4ccccc4=O)cn3)C2)nc1. The molecule has 0 saturated heterocycles. The molecule has 7 heteroatoms. The first-order valence-corrected chi connectivity index (χ1v) is 10.2. The van der Waals surface area contributed by atoms with Crippen molar-refractivity contribution in [2.24, 2.45) is 0 Å². The van der Waals surface area contributed by atoms with Crippen molar-refractivity contribution in [2.75, 3.05) is 10.6 Å². The van der Waals surface area contributed by atoms with Crippen molar-refractivity contribution in [1.29, 1.82) is 0 Å². The van der Waals surface area contributed by atoms with Crippen LogP contribution in [0.3, 0.4) is 0 Å². The lowest BCUT2D eigenvalue weighted by Gasteiger charge is -2.19. The van der Waals surface area contributed by atoms with Gasteiger partial charge in [0.25, 0.3) is 5.56 Å². The molecule has 0 radical (unpaired) electrons. The van der Waals surface area contributed by atoms with Crippen molar-refractivity contribution < 1.29 is 5.11 Å². The van der Waals surface area contributed by atoms with E-state index in [1.54, 1.807) is 43.1 Å². The van der Waals surface area contributed by atoms with Crippen molar-refractivity contribution in [2.45, 2.75) is 50.8 Å². The van der Waals surface area contributed by atoms with Crippen LogP contribution < -0.4 is 16.2 Å². The molecule has 1 aliphatic rings. The summed E-state index contributed by atoms with van der Waals surface area (Å²) in [4.78, 5) is 20.8. The number of aliphatic hydroxyl groups is 1. The van der Waals surface area contributed by atoms with Crippen LogP contribution in [-0.4, -0.2) is 31.7 Å². The van der Waals surface area contributed by atoms with Gasteiger partial charge in [0.15, 0.2) is 0 Å². The largest absolute Gasteiger partial charge is 0.386 e. The molecule has 30 heavy (non-hydrogen) atoms. The van der Waals surface area contributed by atoms with Crippen LogP contribution in [0.5, 0.6) is 0 Å². The first-order valence-electron chi connectivity index (χ1n) is 10.2. The molecule has 4 rings (SSSR count). The lowest BCUT2D eigenvalue weighted by atomic mass is 10.0. The van der Waals surface area contributed by atoms with Crippen LogP contribution in [0.2, 0.25) is 0 Å². The molecule has 0 bridgehead atoms. The normalized spacial score (nSPS) is 18.9. The Labute approximate surface area is 175 Å². The van der Waals surface area contributed by atoms with E-state index in [9.17, 15) is 9.90 Å². The third-order valence-corrected chi connectivity index (χ3v) is 5.46. The maximum Gasteiger partial charge on any atom is 0.255 e. The second kappa shape index (κ2) is 8.28. The van der Waals surface area contributed by atoms with Gasteiger partial charge >= 0.3 is 0 Å². The van der Waals surface area contributed by atoms with Gasteiger partial charge in [-0.2, -0.15) is 0 Å². The topological polar surface area (TPSA) is 92.1 Å². The Morgan fingerprint density at radius 3 is 2.17 bits per heavy atom. The summed E-state index contributed by atoms with van der Waals surface area (Å²) in [6, 6.07) is 13.4. The van der Waals surface area contributed by atoms with Crippen LogP contribution in [0.15, 0.2) is 65.8 Å². The Morgan fingerprint density at radius 2 is 1.63 bits per heavy atom. The number of nitrogens with zero attached hydrogens (tertiary/aromatic N) is 3. The van der Waals surface area contributed by atoms with Crippen molar-refractivity contribution in [3.05, 3.63) is 77.0 Å². The third-order valence-electron chi connectivity index (χ3n) is 5.46. The quantitative estimate of drug-likeness (QED) is 0.583. The molecule has 1 saturated carbocycles. The maximum atomic E-state index is 11.9. The van der Waals surface area contributed by atoms with E-state index in [1.165, 1.54) is 6.07 Å². The molecule has 0 amide bonds. The Hall–Kier alpha value is -3.19. The van der Waals surface area contributed by atoms with Crippen LogP contribution in [0.25, 0.3) is 5.69 Å². The van der Waals surface area contributed by atoms with Crippen molar-refractivity contribution >= 4 is 11.6 Å². The zero-order valence-corrected chi connectivity index (χ0v) is 17.2. The predicted octanol–water partition coefficient (Wildman–Crippen LogP) is 3.30. The summed E-state index contributed by atoms with van der Waals surface area (Å²) in [7, 11) is 0. The van der Waals surface area contributed by atoms with E-state index in [-0.39, 0.29) is 5.56 Å². The predicted molar refractivity (Wildman–Crippen MR) is 118 cm³/mol. The minimum absolute atomic E-state index is 0.0751. The number of pyridine rings is 3. The van der Waals surface area contributed by atoms with Gasteiger partial charge in [-0.15, -0.1) is 0 Å². The van der Waals surface area contributed by atoms with Crippen molar-refractivity contribution in [3.63, 3.8) is 0 Å². The van der Waals surface area contributed by atoms with Gasteiger partial charge in [0.1, 0.15) is 11.6 Å². The average molecular weight is 406 g/mol. The number of rotatable bonds is 6. The summed E-state index contributed by atoms with van der Waals surface area (Å²) in [5, 5.41) is 17.0. The van der Waals surface area contributed by atoms with E-state index in [1.807, 2.05) is 30.3 Å². The van der Waals surface area contributed by atoms with E-state index >= 15 is 0 Å². The van der Waals surface area contributed by atoms with Gasteiger partial charge in [-0.3, -0.25) is 9.36 Å². The molecule has 3 aromatic rings. The smallest absolute Gasteiger partial charge is 0.255 e. The highest BCUT2D eigenvalue weighted by Gasteiger charge is 2.25. The van der Waals surface area contributed by atoms with E-state index < -0.39 is 5.60 Å². The highest BCUT2D eigenvalue weighted by Crippen LogP contribution is 2.26. The Balaban J connectivity index is 1.33. The van der Waals surface area contributed by atoms with Gasteiger partial charge in [-0.1, -0.05) is 12.1 Å². The molecule has 0 aromatic carbocycles.